The predicted octanol–water partition coefficient (Wildman–Crippen LogP) is 2.66. The van der Waals surface area contributed by atoms with Gasteiger partial charge in [0.05, 0.1) is 0 Å². The summed E-state index contributed by atoms with van der Waals surface area (Å²) < 4.78 is 45.1. The van der Waals surface area contributed by atoms with E-state index in [2.05, 4.69) is 15.2 Å². The van der Waals surface area contributed by atoms with Gasteiger partial charge in [0.15, 0.2) is 0 Å². The number of aromatic amines is 1. The van der Waals surface area contributed by atoms with Gasteiger partial charge >= 0.3 is 0 Å². The van der Waals surface area contributed by atoms with Gasteiger partial charge in [0.2, 0.25) is 15.9 Å². The van der Waals surface area contributed by atoms with Gasteiger partial charge in [-0.15, -0.1) is 10.2 Å². The van der Waals surface area contributed by atoms with Crippen LogP contribution in [-0.2, 0) is 10.0 Å². The number of hydrogen-bond donors (Lipinski definition) is 1. The van der Waals surface area contributed by atoms with Crippen LogP contribution in [0.25, 0.3) is 23.0 Å². The van der Waals surface area contributed by atoms with Crippen LogP contribution in [0.3, 0.4) is 0 Å². The Hall–Kier alpha value is -2.52. The number of nitrogens with one attached hydrogen (secondary N) is 1. The number of H-pyrrole nitrogens is 1. The molecule has 4 rings (SSSR count). The molecule has 3 aromatic rings. The standard InChI is InChI=1S/C16H15FN4O3S/c17-12-5-3-11(4-6-12)15-19-20-16(24-15)14-9-13(10-18-14)25(22,23)21-7-1-2-8-21/h3-6,9-10,18H,1-2,7-8H2. The van der Waals surface area contributed by atoms with Gasteiger partial charge in [0.1, 0.15) is 16.4 Å². The Labute approximate surface area is 143 Å². The largest absolute Gasteiger partial charge is 0.415 e. The number of sulfonamides is 1. The molecule has 0 atom stereocenters. The molecule has 0 bridgehead atoms. The first-order chi connectivity index (χ1) is 12.0. The van der Waals surface area contributed by atoms with E-state index in [9.17, 15) is 12.8 Å². The Bertz CT molecular complexity index is 989. The van der Waals surface area contributed by atoms with Crippen molar-refractivity contribution in [2.45, 2.75) is 17.7 Å². The molecule has 3 heterocycles. The molecule has 2 aromatic heterocycles. The summed E-state index contributed by atoms with van der Waals surface area (Å²) in [5.74, 6) is 0.0420. The smallest absolute Gasteiger partial charge is 0.264 e. The zero-order valence-corrected chi connectivity index (χ0v) is 14.0. The van der Waals surface area contributed by atoms with Gasteiger partial charge in [-0.3, -0.25) is 0 Å². The van der Waals surface area contributed by atoms with Gasteiger partial charge in [0, 0.05) is 24.8 Å². The van der Waals surface area contributed by atoms with Crippen molar-refractivity contribution in [3.63, 3.8) is 0 Å². The molecule has 1 N–H and O–H groups in total. The Morgan fingerprint density at radius 3 is 2.48 bits per heavy atom. The molecule has 1 aliphatic rings. The number of aromatic nitrogens is 3. The molecule has 0 aliphatic carbocycles. The molecule has 0 saturated carbocycles. The third-order valence-corrected chi connectivity index (χ3v) is 5.98. The summed E-state index contributed by atoms with van der Waals surface area (Å²) in [6.45, 7) is 1.08. The summed E-state index contributed by atoms with van der Waals surface area (Å²) in [7, 11) is -3.51. The van der Waals surface area contributed by atoms with Crippen molar-refractivity contribution in [3.8, 4) is 23.0 Å². The summed E-state index contributed by atoms with van der Waals surface area (Å²) in [5, 5.41) is 7.85. The van der Waals surface area contributed by atoms with E-state index in [1.807, 2.05) is 0 Å². The first-order valence-electron chi connectivity index (χ1n) is 7.82. The molecule has 1 saturated heterocycles. The molecular weight excluding hydrogens is 347 g/mol. The molecule has 7 nitrogen and oxygen atoms in total. The second-order valence-electron chi connectivity index (χ2n) is 5.78. The van der Waals surface area contributed by atoms with Crippen molar-refractivity contribution in [1.82, 2.24) is 19.5 Å². The van der Waals surface area contributed by atoms with Crippen LogP contribution in [-0.4, -0.2) is 41.0 Å². The van der Waals surface area contributed by atoms with Crippen LogP contribution in [0.2, 0.25) is 0 Å². The van der Waals surface area contributed by atoms with Crippen molar-refractivity contribution in [1.29, 1.82) is 0 Å². The Balaban J connectivity index is 1.61. The van der Waals surface area contributed by atoms with Crippen LogP contribution in [0.4, 0.5) is 4.39 Å². The lowest BCUT2D eigenvalue weighted by molar-refractivity contribution is 0.477. The molecular formula is C16H15FN4O3S. The number of nitrogens with zero attached hydrogens (tertiary/aromatic N) is 3. The summed E-state index contributed by atoms with van der Waals surface area (Å²) >= 11 is 0. The van der Waals surface area contributed by atoms with Gasteiger partial charge in [-0.05, 0) is 43.2 Å². The van der Waals surface area contributed by atoms with E-state index in [1.165, 1.54) is 40.8 Å². The topological polar surface area (TPSA) is 92.1 Å². The van der Waals surface area contributed by atoms with Gasteiger partial charge in [0.25, 0.3) is 5.89 Å². The van der Waals surface area contributed by atoms with E-state index >= 15 is 0 Å². The van der Waals surface area contributed by atoms with Gasteiger partial charge < -0.3 is 9.40 Å². The van der Waals surface area contributed by atoms with Crippen molar-refractivity contribution in [2.24, 2.45) is 0 Å². The maximum Gasteiger partial charge on any atom is 0.264 e. The summed E-state index contributed by atoms with van der Waals surface area (Å²) in [5.41, 5.74) is 0.996. The first kappa shape index (κ1) is 16.0. The summed E-state index contributed by atoms with van der Waals surface area (Å²) in [6.07, 6.45) is 3.17. The average molecular weight is 362 g/mol. The molecule has 130 valence electrons. The van der Waals surface area contributed by atoms with Crippen LogP contribution in [0.15, 0.2) is 45.8 Å². The van der Waals surface area contributed by atoms with Gasteiger partial charge in [-0.2, -0.15) is 4.31 Å². The highest BCUT2D eigenvalue weighted by atomic mass is 32.2. The lowest BCUT2D eigenvalue weighted by Crippen LogP contribution is -2.27. The molecule has 0 radical (unpaired) electrons. The predicted molar refractivity (Wildman–Crippen MR) is 87.5 cm³/mol. The lowest BCUT2D eigenvalue weighted by Gasteiger charge is -2.13. The third kappa shape index (κ3) is 2.96. The molecule has 0 amide bonds. The van der Waals surface area contributed by atoms with Crippen molar-refractivity contribution in [3.05, 3.63) is 42.3 Å². The van der Waals surface area contributed by atoms with E-state index in [0.717, 1.165) is 12.8 Å². The van der Waals surface area contributed by atoms with E-state index in [0.29, 0.717) is 24.3 Å². The van der Waals surface area contributed by atoms with E-state index in [-0.39, 0.29) is 22.5 Å². The molecule has 0 spiro atoms. The normalized spacial score (nSPS) is 15.7. The zero-order chi connectivity index (χ0) is 17.4. The van der Waals surface area contributed by atoms with Gasteiger partial charge in [-0.1, -0.05) is 0 Å². The van der Waals surface area contributed by atoms with Crippen LogP contribution in [0, 0.1) is 5.82 Å². The van der Waals surface area contributed by atoms with E-state index in [1.54, 1.807) is 0 Å². The molecule has 25 heavy (non-hydrogen) atoms. The minimum absolute atomic E-state index is 0.169. The third-order valence-electron chi connectivity index (χ3n) is 4.11. The fourth-order valence-corrected chi connectivity index (χ4v) is 4.28. The highest BCUT2D eigenvalue weighted by Crippen LogP contribution is 2.27. The SMILES string of the molecule is O=S(=O)(c1c[nH]c(-c2nnc(-c3ccc(F)cc3)o2)c1)N1CCCC1. The van der Waals surface area contributed by atoms with Crippen molar-refractivity contribution < 1.29 is 17.2 Å². The fraction of sp³-hybridized carbons (Fsp3) is 0.250. The van der Waals surface area contributed by atoms with E-state index < -0.39 is 10.0 Å². The second-order valence-corrected chi connectivity index (χ2v) is 7.72. The number of rotatable bonds is 4. The Morgan fingerprint density at radius 2 is 1.76 bits per heavy atom. The first-order valence-corrected chi connectivity index (χ1v) is 9.26. The number of benzene rings is 1. The van der Waals surface area contributed by atoms with E-state index in [4.69, 9.17) is 4.42 Å². The maximum atomic E-state index is 13.0. The van der Waals surface area contributed by atoms with Crippen LogP contribution < -0.4 is 0 Å². The minimum atomic E-state index is -3.51. The summed E-state index contributed by atoms with van der Waals surface area (Å²) in [4.78, 5) is 3.04. The molecule has 1 fully saturated rings. The quantitative estimate of drug-likeness (QED) is 0.770. The summed E-state index contributed by atoms with van der Waals surface area (Å²) in [6, 6.07) is 7.15. The van der Waals surface area contributed by atoms with Crippen LogP contribution in [0.5, 0.6) is 0 Å². The van der Waals surface area contributed by atoms with Gasteiger partial charge in [-0.25, -0.2) is 12.8 Å². The molecule has 1 aromatic carbocycles. The second kappa shape index (κ2) is 6.08. The van der Waals surface area contributed by atoms with Crippen molar-refractivity contribution in [2.75, 3.05) is 13.1 Å². The highest BCUT2D eigenvalue weighted by Gasteiger charge is 2.28. The van der Waals surface area contributed by atoms with Crippen LogP contribution >= 0.6 is 0 Å². The zero-order valence-electron chi connectivity index (χ0n) is 13.1. The van der Waals surface area contributed by atoms with Crippen molar-refractivity contribution >= 4 is 10.0 Å². The molecule has 0 unspecified atom stereocenters. The Kier molecular flexibility index (Phi) is 3.89. The van der Waals surface area contributed by atoms with Crippen LogP contribution in [0.1, 0.15) is 12.8 Å². The minimum Gasteiger partial charge on any atom is -0.415 e. The fourth-order valence-electron chi connectivity index (χ4n) is 2.77. The average Bonchev–Trinajstić information content (AvgIpc) is 3.35. The maximum absolute atomic E-state index is 13.0. The number of halogens is 1. The Morgan fingerprint density at radius 1 is 1.08 bits per heavy atom. The number of hydrogen-bond acceptors (Lipinski definition) is 5. The monoisotopic (exact) mass is 362 g/mol. The highest BCUT2D eigenvalue weighted by molar-refractivity contribution is 7.89. The molecule has 1 aliphatic heterocycles. The molecule has 9 heteroatoms. The lowest BCUT2D eigenvalue weighted by atomic mass is 10.2.